The monoisotopic (exact) mass is 432 g/mol. The van der Waals surface area contributed by atoms with Crippen molar-refractivity contribution in [1.29, 1.82) is 0 Å². The summed E-state index contributed by atoms with van der Waals surface area (Å²) in [7, 11) is 0. The number of hydrogen-bond acceptors (Lipinski definition) is 5. The average molecular weight is 433 g/mol. The number of nitrogens with one attached hydrogen (secondary N) is 1. The van der Waals surface area contributed by atoms with Gasteiger partial charge in [-0.15, -0.1) is 11.3 Å². The summed E-state index contributed by atoms with van der Waals surface area (Å²) in [5.74, 6) is -1.16. The molecule has 0 aliphatic heterocycles. The van der Waals surface area contributed by atoms with Crippen molar-refractivity contribution in [1.82, 2.24) is 10.3 Å². The van der Waals surface area contributed by atoms with Crippen LogP contribution in [0.3, 0.4) is 0 Å². The first-order valence-corrected chi connectivity index (χ1v) is 10.5. The minimum Gasteiger partial charge on any atom is -0.478 e. The summed E-state index contributed by atoms with van der Waals surface area (Å²) in [5, 5.41) is 21.8. The van der Waals surface area contributed by atoms with Gasteiger partial charge in [-0.1, -0.05) is 42.5 Å². The Bertz CT molecular complexity index is 1250. The van der Waals surface area contributed by atoms with Gasteiger partial charge in [-0.25, -0.2) is 9.78 Å². The Morgan fingerprint density at radius 2 is 1.71 bits per heavy atom. The third kappa shape index (κ3) is 4.96. The fourth-order valence-corrected chi connectivity index (χ4v) is 4.25. The number of carboxylic acids is 1. The first-order chi connectivity index (χ1) is 15.0. The second kappa shape index (κ2) is 9.07. The van der Waals surface area contributed by atoms with Crippen LogP contribution < -0.4 is 5.32 Å². The Kier molecular flexibility index (Phi) is 6.06. The highest BCUT2D eigenvalue weighted by Crippen LogP contribution is 2.28. The van der Waals surface area contributed by atoms with Crippen LogP contribution in [0.4, 0.5) is 0 Å². The van der Waals surface area contributed by atoms with Crippen molar-refractivity contribution in [2.24, 2.45) is 0 Å². The molecule has 1 heterocycles. The van der Waals surface area contributed by atoms with Gasteiger partial charge in [0.1, 0.15) is 5.01 Å². The molecule has 0 fully saturated rings. The van der Waals surface area contributed by atoms with E-state index in [-0.39, 0.29) is 31.0 Å². The molecule has 0 saturated heterocycles. The van der Waals surface area contributed by atoms with Gasteiger partial charge >= 0.3 is 5.97 Å². The van der Waals surface area contributed by atoms with Crippen LogP contribution >= 0.6 is 11.3 Å². The standard InChI is InChI=1S/C24H20N2O4S/c27-14-15-4-6-17(7-5-15)18-8-9-20-21(11-18)31-23(26-20)12-22(28)25-13-16-2-1-3-19(10-16)24(29)30/h1-11,27H,12-14H2,(H,25,28)(H,29,30). The van der Waals surface area contributed by atoms with Gasteiger partial charge in [-0.2, -0.15) is 0 Å². The molecule has 6 nitrogen and oxygen atoms in total. The molecule has 3 N–H and O–H groups in total. The van der Waals surface area contributed by atoms with Crippen LogP contribution in [-0.2, 0) is 24.4 Å². The topological polar surface area (TPSA) is 99.5 Å². The molecule has 0 spiro atoms. The smallest absolute Gasteiger partial charge is 0.335 e. The lowest BCUT2D eigenvalue weighted by molar-refractivity contribution is -0.120. The van der Waals surface area contributed by atoms with Gasteiger partial charge in [0.2, 0.25) is 5.91 Å². The largest absolute Gasteiger partial charge is 0.478 e. The molecule has 0 aliphatic rings. The molecule has 1 aromatic heterocycles. The SMILES string of the molecule is O=C(Cc1nc2ccc(-c3ccc(CO)cc3)cc2s1)NCc1cccc(C(=O)O)c1. The summed E-state index contributed by atoms with van der Waals surface area (Å²) < 4.78 is 1.00. The van der Waals surface area contributed by atoms with Crippen molar-refractivity contribution in [2.75, 3.05) is 0 Å². The van der Waals surface area contributed by atoms with Gasteiger partial charge in [-0.3, -0.25) is 4.79 Å². The number of aliphatic hydroxyl groups excluding tert-OH is 1. The van der Waals surface area contributed by atoms with Crippen LogP contribution in [0.25, 0.3) is 21.3 Å². The Morgan fingerprint density at radius 3 is 2.45 bits per heavy atom. The predicted octanol–water partition coefficient (Wildman–Crippen LogP) is 4.01. The number of benzene rings is 3. The number of thiazole rings is 1. The molecule has 4 aromatic rings. The number of amides is 1. The van der Waals surface area contributed by atoms with E-state index in [2.05, 4.69) is 16.4 Å². The zero-order valence-electron chi connectivity index (χ0n) is 16.5. The van der Waals surface area contributed by atoms with Crippen molar-refractivity contribution in [3.63, 3.8) is 0 Å². The number of carbonyl (C=O) groups is 2. The molecular formula is C24H20N2O4S. The Balaban J connectivity index is 1.43. The van der Waals surface area contributed by atoms with Crippen LogP contribution in [-0.4, -0.2) is 27.1 Å². The molecule has 0 unspecified atom stereocenters. The van der Waals surface area contributed by atoms with E-state index in [9.17, 15) is 14.7 Å². The third-order valence-electron chi connectivity index (χ3n) is 4.88. The lowest BCUT2D eigenvalue weighted by Gasteiger charge is -2.05. The number of nitrogens with zero attached hydrogens (tertiary/aromatic N) is 1. The lowest BCUT2D eigenvalue weighted by atomic mass is 10.0. The number of aromatic nitrogens is 1. The zero-order chi connectivity index (χ0) is 21.8. The quantitative estimate of drug-likeness (QED) is 0.410. The van der Waals surface area contributed by atoms with E-state index in [0.717, 1.165) is 37.5 Å². The summed E-state index contributed by atoms with van der Waals surface area (Å²) >= 11 is 1.48. The Labute approximate surface area is 182 Å². The van der Waals surface area contributed by atoms with E-state index >= 15 is 0 Å². The number of fused-ring (bicyclic) bond motifs is 1. The van der Waals surface area contributed by atoms with Crippen molar-refractivity contribution in [3.8, 4) is 11.1 Å². The van der Waals surface area contributed by atoms with Crippen LogP contribution in [0.15, 0.2) is 66.7 Å². The highest BCUT2D eigenvalue weighted by molar-refractivity contribution is 7.18. The number of carbonyl (C=O) groups excluding carboxylic acids is 1. The summed E-state index contributed by atoms with van der Waals surface area (Å²) in [6.45, 7) is 0.281. The molecule has 4 rings (SSSR count). The molecule has 3 aromatic carbocycles. The molecule has 31 heavy (non-hydrogen) atoms. The van der Waals surface area contributed by atoms with E-state index in [1.165, 1.54) is 17.4 Å². The van der Waals surface area contributed by atoms with E-state index in [0.29, 0.717) is 0 Å². The fourth-order valence-electron chi connectivity index (χ4n) is 3.24. The van der Waals surface area contributed by atoms with Gasteiger partial charge in [0.15, 0.2) is 0 Å². The number of rotatable bonds is 7. The molecule has 0 radical (unpaired) electrons. The summed E-state index contributed by atoms with van der Waals surface area (Å²) in [6.07, 6.45) is 0.165. The average Bonchev–Trinajstić information content (AvgIpc) is 3.19. The second-order valence-corrected chi connectivity index (χ2v) is 8.22. The maximum absolute atomic E-state index is 12.3. The van der Waals surface area contributed by atoms with Crippen molar-refractivity contribution >= 4 is 33.4 Å². The van der Waals surface area contributed by atoms with E-state index in [1.54, 1.807) is 18.2 Å². The van der Waals surface area contributed by atoms with Gasteiger partial charge < -0.3 is 15.5 Å². The van der Waals surface area contributed by atoms with Gasteiger partial charge in [0.05, 0.1) is 28.8 Å². The second-order valence-electron chi connectivity index (χ2n) is 7.10. The van der Waals surface area contributed by atoms with E-state index in [1.807, 2.05) is 36.4 Å². The van der Waals surface area contributed by atoms with Crippen molar-refractivity contribution in [3.05, 3.63) is 88.4 Å². The number of aromatic carboxylic acids is 1. The summed E-state index contributed by atoms with van der Waals surface area (Å²) in [6, 6.07) is 20.2. The van der Waals surface area contributed by atoms with E-state index < -0.39 is 5.97 Å². The van der Waals surface area contributed by atoms with Gasteiger partial charge in [-0.05, 0) is 46.5 Å². The third-order valence-corrected chi connectivity index (χ3v) is 5.90. The molecule has 1 amide bonds. The summed E-state index contributed by atoms with van der Waals surface area (Å²) in [5.41, 5.74) is 4.74. The highest BCUT2D eigenvalue weighted by atomic mass is 32.1. The van der Waals surface area contributed by atoms with Crippen LogP contribution in [0.5, 0.6) is 0 Å². The first kappa shape index (κ1) is 20.7. The molecule has 0 bridgehead atoms. The Hall–Kier alpha value is -3.55. The lowest BCUT2D eigenvalue weighted by Crippen LogP contribution is -2.24. The number of aliphatic hydroxyl groups is 1. The molecule has 7 heteroatoms. The summed E-state index contributed by atoms with van der Waals surface area (Å²) in [4.78, 5) is 28.0. The van der Waals surface area contributed by atoms with E-state index in [4.69, 9.17) is 5.11 Å². The zero-order valence-corrected chi connectivity index (χ0v) is 17.4. The van der Waals surface area contributed by atoms with Crippen LogP contribution in [0, 0.1) is 0 Å². The molecule has 0 saturated carbocycles. The molecule has 0 atom stereocenters. The first-order valence-electron chi connectivity index (χ1n) is 9.70. The predicted molar refractivity (Wildman–Crippen MR) is 120 cm³/mol. The maximum Gasteiger partial charge on any atom is 0.335 e. The van der Waals surface area contributed by atoms with Crippen LogP contribution in [0.2, 0.25) is 0 Å². The van der Waals surface area contributed by atoms with Gasteiger partial charge in [0.25, 0.3) is 0 Å². The highest BCUT2D eigenvalue weighted by Gasteiger charge is 2.11. The molecule has 156 valence electrons. The van der Waals surface area contributed by atoms with Crippen LogP contribution in [0.1, 0.15) is 26.5 Å². The minimum atomic E-state index is -0.994. The van der Waals surface area contributed by atoms with Crippen molar-refractivity contribution < 1.29 is 19.8 Å². The van der Waals surface area contributed by atoms with Crippen molar-refractivity contribution in [2.45, 2.75) is 19.6 Å². The maximum atomic E-state index is 12.3. The fraction of sp³-hybridized carbons (Fsp3) is 0.125. The number of carboxylic acid groups (broad SMARTS) is 1. The van der Waals surface area contributed by atoms with Gasteiger partial charge in [0, 0.05) is 6.54 Å². The normalized spacial score (nSPS) is 10.9. The molecular weight excluding hydrogens is 412 g/mol. The number of hydrogen-bond donors (Lipinski definition) is 3. The molecule has 0 aliphatic carbocycles. The minimum absolute atomic E-state index is 0.0184. The Morgan fingerprint density at radius 1 is 0.935 bits per heavy atom.